The predicted octanol–water partition coefficient (Wildman–Crippen LogP) is 4.24. The number of rotatable bonds is 9. The minimum Gasteiger partial charge on any atom is -0.379 e. The molecule has 0 aliphatic carbocycles. The Morgan fingerprint density at radius 2 is 1.88 bits per heavy atom. The summed E-state index contributed by atoms with van der Waals surface area (Å²) in [6.07, 6.45) is -2.60. The van der Waals surface area contributed by atoms with Gasteiger partial charge in [-0.2, -0.15) is 18.2 Å². The van der Waals surface area contributed by atoms with E-state index in [4.69, 9.17) is 4.74 Å². The predicted molar refractivity (Wildman–Crippen MR) is 150 cm³/mol. The van der Waals surface area contributed by atoms with Crippen LogP contribution in [0.4, 0.5) is 36.3 Å². The van der Waals surface area contributed by atoms with Gasteiger partial charge in [-0.25, -0.2) is 4.98 Å². The van der Waals surface area contributed by atoms with Gasteiger partial charge in [-0.15, -0.1) is 0 Å². The van der Waals surface area contributed by atoms with Crippen LogP contribution < -0.4 is 15.5 Å². The molecule has 220 valence electrons. The van der Waals surface area contributed by atoms with Gasteiger partial charge in [0.15, 0.2) is 0 Å². The lowest BCUT2D eigenvalue weighted by Gasteiger charge is -2.34. The molecule has 0 radical (unpaired) electrons. The van der Waals surface area contributed by atoms with Crippen molar-refractivity contribution in [1.29, 1.82) is 0 Å². The fourth-order valence-electron chi connectivity index (χ4n) is 4.94. The molecule has 2 aliphatic heterocycles. The SMILES string of the molecule is CCc1cc(N2CCN(C)CC2)ccc1Nc1ncc(C(F)(F)F)c(NCCCN2CCOCC(C)(C)C2=O)n1. The summed E-state index contributed by atoms with van der Waals surface area (Å²) in [5.74, 6) is -0.220. The van der Waals surface area contributed by atoms with E-state index in [2.05, 4.69) is 43.5 Å². The van der Waals surface area contributed by atoms with Crippen LogP contribution in [0.1, 0.15) is 38.3 Å². The number of anilines is 4. The van der Waals surface area contributed by atoms with Crippen LogP contribution in [0, 0.1) is 5.41 Å². The van der Waals surface area contributed by atoms with Gasteiger partial charge < -0.3 is 30.1 Å². The van der Waals surface area contributed by atoms with Crippen LogP contribution in [-0.4, -0.2) is 91.7 Å². The molecule has 2 aromatic rings. The smallest absolute Gasteiger partial charge is 0.379 e. The molecule has 40 heavy (non-hydrogen) atoms. The molecular weight excluding hydrogens is 523 g/mol. The number of halogens is 3. The number of piperazine rings is 1. The van der Waals surface area contributed by atoms with Crippen LogP contribution in [-0.2, 0) is 22.1 Å². The lowest BCUT2D eigenvalue weighted by Crippen LogP contribution is -2.44. The van der Waals surface area contributed by atoms with Gasteiger partial charge in [0, 0.05) is 63.4 Å². The van der Waals surface area contributed by atoms with Crippen molar-refractivity contribution in [3.05, 3.63) is 35.5 Å². The second-order valence-electron chi connectivity index (χ2n) is 11.1. The molecule has 1 aromatic carbocycles. The Bertz CT molecular complexity index is 1170. The number of amides is 1. The number of nitrogens with zero attached hydrogens (tertiary/aromatic N) is 5. The number of hydrogen-bond acceptors (Lipinski definition) is 8. The Morgan fingerprint density at radius 3 is 2.58 bits per heavy atom. The van der Waals surface area contributed by atoms with Crippen molar-refractivity contribution in [2.75, 3.05) is 81.6 Å². The normalized spacial score (nSPS) is 18.5. The second kappa shape index (κ2) is 12.6. The molecule has 2 N–H and O–H groups in total. The first-order valence-corrected chi connectivity index (χ1v) is 13.9. The summed E-state index contributed by atoms with van der Waals surface area (Å²) in [4.78, 5) is 27.3. The van der Waals surface area contributed by atoms with Gasteiger partial charge in [0.1, 0.15) is 11.4 Å². The Balaban J connectivity index is 1.44. The molecule has 3 heterocycles. The van der Waals surface area contributed by atoms with Crippen LogP contribution in [0.2, 0.25) is 0 Å². The zero-order valence-electron chi connectivity index (χ0n) is 23.8. The second-order valence-corrected chi connectivity index (χ2v) is 11.1. The summed E-state index contributed by atoms with van der Waals surface area (Å²) in [5.41, 5.74) is 1.36. The molecule has 12 heteroatoms. The number of aromatic nitrogens is 2. The molecule has 0 unspecified atom stereocenters. The van der Waals surface area contributed by atoms with Crippen LogP contribution in [0.25, 0.3) is 0 Å². The van der Waals surface area contributed by atoms with E-state index in [9.17, 15) is 18.0 Å². The summed E-state index contributed by atoms with van der Waals surface area (Å²) in [6.45, 7) is 11.5. The van der Waals surface area contributed by atoms with E-state index >= 15 is 0 Å². The fourth-order valence-corrected chi connectivity index (χ4v) is 4.94. The number of carbonyl (C=O) groups is 1. The van der Waals surface area contributed by atoms with Crippen molar-refractivity contribution >= 4 is 29.0 Å². The topological polar surface area (TPSA) is 85.9 Å². The highest BCUT2D eigenvalue weighted by molar-refractivity contribution is 5.82. The quantitative estimate of drug-likeness (QED) is 0.439. The van der Waals surface area contributed by atoms with Gasteiger partial charge in [0.25, 0.3) is 0 Å². The number of ether oxygens (including phenoxy) is 1. The average Bonchev–Trinajstić information content (AvgIpc) is 3.04. The van der Waals surface area contributed by atoms with Gasteiger partial charge >= 0.3 is 6.18 Å². The summed E-state index contributed by atoms with van der Waals surface area (Å²) in [7, 11) is 2.11. The summed E-state index contributed by atoms with van der Waals surface area (Å²) in [6, 6.07) is 6.07. The third-order valence-electron chi connectivity index (χ3n) is 7.41. The number of likely N-dealkylation sites (N-methyl/N-ethyl adjacent to an activating group) is 1. The molecule has 1 amide bonds. The maximum atomic E-state index is 13.7. The average molecular weight is 564 g/mol. The van der Waals surface area contributed by atoms with E-state index in [1.54, 1.807) is 4.90 Å². The molecule has 2 aliphatic rings. The number of aryl methyl sites for hydroxylation is 1. The molecule has 0 atom stereocenters. The first-order chi connectivity index (χ1) is 19.0. The Labute approximate surface area is 234 Å². The van der Waals surface area contributed by atoms with E-state index in [1.165, 1.54) is 0 Å². The van der Waals surface area contributed by atoms with Gasteiger partial charge in [-0.1, -0.05) is 6.92 Å². The van der Waals surface area contributed by atoms with Crippen LogP contribution >= 0.6 is 0 Å². The van der Waals surface area contributed by atoms with Gasteiger partial charge in [0.05, 0.1) is 18.6 Å². The van der Waals surface area contributed by atoms with Crippen molar-refractivity contribution in [3.63, 3.8) is 0 Å². The Morgan fingerprint density at radius 1 is 1.12 bits per heavy atom. The highest BCUT2D eigenvalue weighted by atomic mass is 19.4. The van der Waals surface area contributed by atoms with Crippen LogP contribution in [0.5, 0.6) is 0 Å². The van der Waals surface area contributed by atoms with Crippen molar-refractivity contribution < 1.29 is 22.7 Å². The highest BCUT2D eigenvalue weighted by Gasteiger charge is 2.36. The van der Waals surface area contributed by atoms with E-state index < -0.39 is 17.2 Å². The Kier molecular flexibility index (Phi) is 9.40. The lowest BCUT2D eigenvalue weighted by molar-refractivity contribution is -0.140. The first-order valence-electron chi connectivity index (χ1n) is 13.9. The summed E-state index contributed by atoms with van der Waals surface area (Å²) < 4.78 is 46.7. The van der Waals surface area contributed by atoms with Crippen molar-refractivity contribution in [2.45, 2.75) is 39.8 Å². The van der Waals surface area contributed by atoms with E-state index in [0.717, 1.165) is 55.7 Å². The molecule has 0 saturated carbocycles. The minimum absolute atomic E-state index is 0.0140. The highest BCUT2D eigenvalue weighted by Crippen LogP contribution is 2.34. The van der Waals surface area contributed by atoms with Gasteiger partial charge in [-0.05, 0) is 57.5 Å². The minimum atomic E-state index is -4.61. The lowest BCUT2D eigenvalue weighted by atomic mass is 9.93. The zero-order chi connectivity index (χ0) is 28.9. The fraction of sp³-hybridized carbons (Fsp3) is 0.607. The molecule has 1 aromatic heterocycles. The first kappa shape index (κ1) is 29.9. The molecule has 2 fully saturated rings. The van der Waals surface area contributed by atoms with Crippen LogP contribution in [0.15, 0.2) is 24.4 Å². The van der Waals surface area contributed by atoms with E-state index in [1.807, 2.05) is 32.9 Å². The van der Waals surface area contributed by atoms with Crippen molar-refractivity contribution in [3.8, 4) is 0 Å². The van der Waals surface area contributed by atoms with Crippen molar-refractivity contribution in [2.24, 2.45) is 5.41 Å². The Hall–Kier alpha value is -3.12. The van der Waals surface area contributed by atoms with E-state index in [-0.39, 0.29) is 24.2 Å². The number of nitrogens with one attached hydrogen (secondary N) is 2. The van der Waals surface area contributed by atoms with E-state index in [0.29, 0.717) is 32.7 Å². The standard InChI is InChI=1S/C28H40F3N7O2/c1-5-20-17-21(37-13-11-36(4)12-14-37)7-8-23(20)34-26-33-18-22(28(29,30)31)24(35-26)32-9-6-10-38-15-16-40-19-27(2,3)25(38)39/h7-8,17-18H,5-6,9-16,19H2,1-4H3,(H2,32,33,34,35). The zero-order valence-corrected chi connectivity index (χ0v) is 23.8. The van der Waals surface area contributed by atoms with Crippen molar-refractivity contribution in [1.82, 2.24) is 19.8 Å². The van der Waals surface area contributed by atoms with Gasteiger partial charge in [0.2, 0.25) is 11.9 Å². The number of alkyl halides is 3. The molecule has 0 spiro atoms. The monoisotopic (exact) mass is 563 g/mol. The molecule has 0 bridgehead atoms. The third-order valence-corrected chi connectivity index (χ3v) is 7.41. The largest absolute Gasteiger partial charge is 0.421 e. The van der Waals surface area contributed by atoms with Gasteiger partial charge in [-0.3, -0.25) is 4.79 Å². The molecule has 9 nitrogen and oxygen atoms in total. The molecular formula is C28H40F3N7O2. The third kappa shape index (κ3) is 7.34. The molecule has 2 saturated heterocycles. The maximum Gasteiger partial charge on any atom is 0.421 e. The summed E-state index contributed by atoms with van der Waals surface area (Å²) in [5, 5.41) is 5.95. The van der Waals surface area contributed by atoms with Crippen LogP contribution in [0.3, 0.4) is 0 Å². The number of hydrogen-bond donors (Lipinski definition) is 2. The summed E-state index contributed by atoms with van der Waals surface area (Å²) >= 11 is 0. The maximum absolute atomic E-state index is 13.7. The number of benzene rings is 1. The molecule has 4 rings (SSSR count). The number of carbonyl (C=O) groups excluding carboxylic acids is 1.